The van der Waals surface area contributed by atoms with Crippen LogP contribution in [0.1, 0.15) is 17.7 Å². The monoisotopic (exact) mass is 477 g/mol. The van der Waals surface area contributed by atoms with Gasteiger partial charge in [0.15, 0.2) is 0 Å². The van der Waals surface area contributed by atoms with Crippen LogP contribution in [0.3, 0.4) is 0 Å². The van der Waals surface area contributed by atoms with Gasteiger partial charge in [0.2, 0.25) is 11.4 Å². The lowest BCUT2D eigenvalue weighted by Gasteiger charge is -2.12. The van der Waals surface area contributed by atoms with Crippen LogP contribution in [0.25, 0.3) is 67.2 Å². The van der Waals surface area contributed by atoms with Crippen LogP contribution in [0.5, 0.6) is 0 Å². The van der Waals surface area contributed by atoms with Crippen molar-refractivity contribution in [1.29, 1.82) is 0 Å². The molecule has 3 aromatic heterocycles. The van der Waals surface area contributed by atoms with Gasteiger partial charge < -0.3 is 8.83 Å². The summed E-state index contributed by atoms with van der Waals surface area (Å²) in [5.74, 6) is 1.05. The number of benzene rings is 4. The van der Waals surface area contributed by atoms with Gasteiger partial charge in [0.05, 0.1) is 16.5 Å². The number of aromatic nitrogens is 1. The number of fused-ring (bicyclic) bond motifs is 7. The zero-order chi connectivity index (χ0) is 24.3. The molecule has 0 amide bonds. The first-order valence-electron chi connectivity index (χ1n) is 12.8. The minimum absolute atomic E-state index is 0.820. The van der Waals surface area contributed by atoms with Gasteiger partial charge in [-0.1, -0.05) is 91.0 Å². The Morgan fingerprint density at radius 3 is 1.97 bits per heavy atom. The molecule has 1 aliphatic rings. The standard InChI is InChI=1S/C34H23NO2/c1-3-11-22(12-4-1)24-19-25(23-13-5-2-6-14-23)21-26(20-24)35-33-31(27-15-7-9-17-29(27)36-33)32-28-16-8-10-18-30(28)37-34(32)35/h1-9,11-17,19-21H,10,18H2. The average molecular weight is 478 g/mol. The van der Waals surface area contributed by atoms with Crippen molar-refractivity contribution in [3.8, 4) is 27.9 Å². The van der Waals surface area contributed by atoms with Crippen LogP contribution in [0.2, 0.25) is 0 Å². The fraction of sp³-hybridized carbons (Fsp3) is 0.0588. The summed E-state index contributed by atoms with van der Waals surface area (Å²) in [5.41, 5.74) is 9.41. The summed E-state index contributed by atoms with van der Waals surface area (Å²) < 4.78 is 15.3. The first-order chi connectivity index (χ1) is 18.3. The average Bonchev–Trinajstić information content (AvgIpc) is 3.61. The lowest BCUT2D eigenvalue weighted by molar-refractivity contribution is 0.527. The highest BCUT2D eigenvalue weighted by Gasteiger charge is 2.27. The third kappa shape index (κ3) is 3.07. The van der Waals surface area contributed by atoms with Gasteiger partial charge in [0, 0.05) is 17.4 Å². The number of furan rings is 2. The fourth-order valence-corrected chi connectivity index (χ4v) is 5.75. The molecule has 3 heteroatoms. The molecule has 0 fully saturated rings. The lowest BCUT2D eigenvalue weighted by Crippen LogP contribution is -1.95. The van der Waals surface area contributed by atoms with E-state index in [0.29, 0.717) is 0 Å². The molecule has 0 saturated carbocycles. The quantitative estimate of drug-likeness (QED) is 0.254. The molecule has 4 aromatic carbocycles. The summed E-state index contributed by atoms with van der Waals surface area (Å²) in [4.78, 5) is 0. The maximum Gasteiger partial charge on any atom is 0.216 e. The molecule has 176 valence electrons. The number of hydrogen-bond acceptors (Lipinski definition) is 2. The van der Waals surface area contributed by atoms with E-state index in [1.165, 1.54) is 16.7 Å². The van der Waals surface area contributed by atoms with Crippen LogP contribution in [0, 0.1) is 0 Å². The van der Waals surface area contributed by atoms with Gasteiger partial charge in [-0.3, -0.25) is 0 Å². The van der Waals surface area contributed by atoms with Crippen molar-refractivity contribution in [3.05, 3.63) is 121 Å². The molecule has 7 aromatic rings. The third-order valence-electron chi connectivity index (χ3n) is 7.45. The Hall–Kier alpha value is -4.76. The minimum Gasteiger partial charge on any atom is -0.443 e. The second-order valence-electron chi connectivity index (χ2n) is 9.67. The normalized spacial score (nSPS) is 13.1. The van der Waals surface area contributed by atoms with Crippen LogP contribution in [0.15, 0.2) is 118 Å². The van der Waals surface area contributed by atoms with E-state index in [1.807, 2.05) is 12.1 Å². The summed E-state index contributed by atoms with van der Waals surface area (Å²) in [6, 6.07) is 36.1. The molecular weight excluding hydrogens is 454 g/mol. The van der Waals surface area contributed by atoms with Gasteiger partial charge in [0.25, 0.3) is 0 Å². The summed E-state index contributed by atoms with van der Waals surface area (Å²) in [7, 11) is 0. The van der Waals surface area contributed by atoms with E-state index < -0.39 is 0 Å². The molecular formula is C34H23NO2. The van der Waals surface area contributed by atoms with E-state index in [9.17, 15) is 0 Å². The molecule has 0 unspecified atom stereocenters. The summed E-state index contributed by atoms with van der Waals surface area (Å²) in [6.45, 7) is 0. The maximum absolute atomic E-state index is 6.61. The number of aryl methyl sites for hydroxylation is 1. The molecule has 8 rings (SSSR count). The number of rotatable bonds is 3. The maximum atomic E-state index is 6.61. The largest absolute Gasteiger partial charge is 0.443 e. The van der Waals surface area contributed by atoms with Crippen LogP contribution in [-0.2, 0) is 6.42 Å². The van der Waals surface area contributed by atoms with Crippen molar-refractivity contribution in [3.63, 3.8) is 0 Å². The van der Waals surface area contributed by atoms with Crippen molar-refractivity contribution in [2.24, 2.45) is 0 Å². The molecule has 3 nitrogen and oxygen atoms in total. The second kappa shape index (κ2) is 7.87. The van der Waals surface area contributed by atoms with Crippen LogP contribution in [-0.4, -0.2) is 4.57 Å². The Kier molecular flexibility index (Phi) is 4.35. The highest BCUT2D eigenvalue weighted by Crippen LogP contribution is 2.45. The topological polar surface area (TPSA) is 31.2 Å². The predicted molar refractivity (Wildman–Crippen MR) is 151 cm³/mol. The van der Waals surface area contributed by atoms with Gasteiger partial charge in [-0.2, -0.15) is 0 Å². The Labute approximate surface area is 213 Å². The molecule has 1 aliphatic carbocycles. The molecule has 0 radical (unpaired) electrons. The van der Waals surface area contributed by atoms with Crippen LogP contribution < -0.4 is 0 Å². The van der Waals surface area contributed by atoms with Crippen molar-refractivity contribution in [2.75, 3.05) is 0 Å². The number of nitrogens with zero attached hydrogens (tertiary/aromatic N) is 1. The van der Waals surface area contributed by atoms with Gasteiger partial charge in [-0.15, -0.1) is 0 Å². The first kappa shape index (κ1) is 20.4. The second-order valence-corrected chi connectivity index (χ2v) is 9.67. The third-order valence-corrected chi connectivity index (χ3v) is 7.45. The summed E-state index contributed by atoms with van der Waals surface area (Å²) in [5, 5.41) is 3.37. The molecule has 0 spiro atoms. The molecule has 3 heterocycles. The zero-order valence-electron chi connectivity index (χ0n) is 20.1. The minimum atomic E-state index is 0.820. The molecule has 0 aliphatic heterocycles. The summed E-state index contributed by atoms with van der Waals surface area (Å²) >= 11 is 0. The van der Waals surface area contributed by atoms with Crippen molar-refractivity contribution in [1.82, 2.24) is 4.57 Å². The highest BCUT2D eigenvalue weighted by molar-refractivity contribution is 6.21. The van der Waals surface area contributed by atoms with E-state index in [0.717, 1.165) is 68.6 Å². The number of allylic oxidation sites excluding steroid dienone is 1. The van der Waals surface area contributed by atoms with Gasteiger partial charge >= 0.3 is 0 Å². The van der Waals surface area contributed by atoms with Crippen molar-refractivity contribution >= 4 is 39.2 Å². The molecule has 0 atom stereocenters. The molecule has 37 heavy (non-hydrogen) atoms. The van der Waals surface area contributed by atoms with Crippen LogP contribution >= 0.6 is 0 Å². The van der Waals surface area contributed by atoms with Crippen molar-refractivity contribution in [2.45, 2.75) is 12.8 Å². The Bertz CT molecular complexity index is 1910. The molecule has 0 bridgehead atoms. The Balaban J connectivity index is 1.50. The zero-order valence-corrected chi connectivity index (χ0v) is 20.1. The smallest absolute Gasteiger partial charge is 0.216 e. The lowest BCUT2D eigenvalue weighted by atomic mass is 9.98. The highest BCUT2D eigenvalue weighted by atomic mass is 16.4. The number of hydrogen-bond donors (Lipinski definition) is 0. The van der Waals surface area contributed by atoms with E-state index in [2.05, 4.69) is 108 Å². The fourth-order valence-electron chi connectivity index (χ4n) is 5.75. The van der Waals surface area contributed by atoms with Gasteiger partial charge in [0.1, 0.15) is 11.3 Å². The molecule has 0 saturated heterocycles. The first-order valence-corrected chi connectivity index (χ1v) is 12.8. The van der Waals surface area contributed by atoms with E-state index >= 15 is 0 Å². The predicted octanol–water partition coefficient (Wildman–Crippen LogP) is 9.42. The number of para-hydroxylation sites is 1. The summed E-state index contributed by atoms with van der Waals surface area (Å²) in [6.07, 6.45) is 6.37. The van der Waals surface area contributed by atoms with E-state index in [4.69, 9.17) is 8.83 Å². The molecule has 0 N–H and O–H groups in total. The van der Waals surface area contributed by atoms with E-state index in [1.54, 1.807) is 0 Å². The van der Waals surface area contributed by atoms with Gasteiger partial charge in [-0.25, -0.2) is 4.57 Å². The Morgan fingerprint density at radius 2 is 1.24 bits per heavy atom. The van der Waals surface area contributed by atoms with Crippen molar-refractivity contribution < 1.29 is 8.83 Å². The SMILES string of the molecule is C1=Cc2c(oc3c2c2c4ccccc4oc2n3-c2cc(-c3ccccc3)cc(-c3ccccc3)c2)CC1. The van der Waals surface area contributed by atoms with E-state index in [-0.39, 0.29) is 0 Å². The van der Waals surface area contributed by atoms with Gasteiger partial charge in [-0.05, 0) is 52.9 Å². The van der Waals surface area contributed by atoms with Crippen LogP contribution in [0.4, 0.5) is 0 Å². The Morgan fingerprint density at radius 1 is 0.595 bits per heavy atom.